The molecule has 1 saturated carbocycles. The fourth-order valence-corrected chi connectivity index (χ4v) is 4.83. The maximum atomic E-state index is 14.0. The Balaban J connectivity index is 2.20. The van der Waals surface area contributed by atoms with Crippen molar-refractivity contribution in [1.29, 1.82) is 0 Å². The maximum absolute atomic E-state index is 14.0. The first kappa shape index (κ1) is 34.8. The Labute approximate surface area is 249 Å². The third kappa shape index (κ3) is 9.87. The summed E-state index contributed by atoms with van der Waals surface area (Å²) in [5, 5.41) is 8.31. The molecule has 13 nitrogen and oxygen atoms in total. The molecule has 1 heterocycles. The van der Waals surface area contributed by atoms with Gasteiger partial charge in [0.25, 0.3) is 5.91 Å². The number of ether oxygens (including phenoxy) is 1. The highest BCUT2D eigenvalue weighted by Crippen LogP contribution is 2.34. The maximum Gasteiger partial charge on any atom is 0.409 e. The van der Waals surface area contributed by atoms with E-state index in [0.29, 0.717) is 12.8 Å². The van der Waals surface area contributed by atoms with Gasteiger partial charge in [0.05, 0.1) is 12.1 Å². The molecule has 0 aromatic heterocycles. The van der Waals surface area contributed by atoms with Crippen LogP contribution in [-0.2, 0) is 23.9 Å². The Kier molecular flexibility index (Phi) is 11.4. The van der Waals surface area contributed by atoms with E-state index in [1.807, 2.05) is 48.5 Å². The largest absolute Gasteiger partial charge is 0.447 e. The van der Waals surface area contributed by atoms with Gasteiger partial charge in [-0.1, -0.05) is 61.3 Å². The highest BCUT2D eigenvalue weighted by molar-refractivity contribution is 6.37. The first-order valence-corrected chi connectivity index (χ1v) is 14.6. The van der Waals surface area contributed by atoms with Gasteiger partial charge in [0.15, 0.2) is 0 Å². The Hall–Kier alpha value is -3.38. The summed E-state index contributed by atoms with van der Waals surface area (Å²) in [4.78, 5) is 79.3. The van der Waals surface area contributed by atoms with Gasteiger partial charge in [-0.2, -0.15) is 0 Å². The summed E-state index contributed by atoms with van der Waals surface area (Å²) in [6, 6.07) is -4.09. The van der Waals surface area contributed by atoms with Crippen LogP contribution in [0.3, 0.4) is 0 Å². The molecule has 2 aliphatic rings. The molecule has 0 radical (unpaired) electrons. The van der Waals surface area contributed by atoms with Crippen LogP contribution in [0.4, 0.5) is 9.59 Å². The molecule has 0 aromatic rings. The first-order valence-electron chi connectivity index (χ1n) is 14.6. The van der Waals surface area contributed by atoms with E-state index in [1.165, 1.54) is 9.80 Å². The van der Waals surface area contributed by atoms with Crippen LogP contribution in [-0.4, -0.2) is 96.8 Å². The number of nitrogens with one attached hydrogen (secondary N) is 3. The van der Waals surface area contributed by atoms with Crippen molar-refractivity contribution in [3.05, 3.63) is 0 Å². The number of amides is 6. The molecule has 1 aliphatic heterocycles. The zero-order valence-electron chi connectivity index (χ0n) is 26.5. The number of hydrogen-bond acceptors (Lipinski definition) is 7. The summed E-state index contributed by atoms with van der Waals surface area (Å²) < 4.78 is 5.31. The van der Waals surface area contributed by atoms with Gasteiger partial charge in [0, 0.05) is 20.6 Å². The molecule has 238 valence electrons. The molecule has 2 fully saturated rings. The average molecular weight is 595 g/mol. The van der Waals surface area contributed by atoms with Crippen molar-refractivity contribution in [2.45, 2.75) is 98.3 Å². The van der Waals surface area contributed by atoms with Gasteiger partial charge in [-0.3, -0.25) is 19.2 Å². The summed E-state index contributed by atoms with van der Waals surface area (Å²) >= 11 is 0. The van der Waals surface area contributed by atoms with Crippen LogP contribution in [0.25, 0.3) is 0 Å². The molecule has 5 atom stereocenters. The minimum atomic E-state index is -1.11. The quantitative estimate of drug-likeness (QED) is 0.261. The van der Waals surface area contributed by atoms with E-state index in [1.54, 1.807) is 14.1 Å². The van der Waals surface area contributed by atoms with E-state index in [9.17, 15) is 28.8 Å². The molecular weight excluding hydrogens is 544 g/mol. The highest BCUT2D eigenvalue weighted by atomic mass is 16.6. The Morgan fingerprint density at radius 3 is 2.02 bits per heavy atom. The van der Waals surface area contributed by atoms with Crippen LogP contribution in [0.2, 0.25) is 0 Å². The van der Waals surface area contributed by atoms with E-state index in [-0.39, 0.29) is 25.0 Å². The normalized spacial score (nSPS) is 21.0. The molecule has 2 unspecified atom stereocenters. The van der Waals surface area contributed by atoms with E-state index in [4.69, 9.17) is 10.5 Å². The predicted octanol–water partition coefficient (Wildman–Crippen LogP) is 1.39. The van der Waals surface area contributed by atoms with Crippen LogP contribution in [0.15, 0.2) is 0 Å². The number of primary amides is 1. The Bertz CT molecular complexity index is 1040. The third-order valence-electron chi connectivity index (χ3n) is 7.72. The molecule has 0 spiro atoms. The molecule has 0 bridgehead atoms. The van der Waals surface area contributed by atoms with Gasteiger partial charge in [-0.15, -0.1) is 0 Å². The third-order valence-corrected chi connectivity index (χ3v) is 7.72. The lowest BCUT2D eigenvalue weighted by molar-refractivity contribution is -0.143. The minimum Gasteiger partial charge on any atom is -0.447 e. The van der Waals surface area contributed by atoms with Gasteiger partial charge in [-0.05, 0) is 35.5 Å². The smallest absolute Gasteiger partial charge is 0.409 e. The lowest BCUT2D eigenvalue weighted by atomic mass is 9.85. The molecule has 5 N–H and O–H groups in total. The van der Waals surface area contributed by atoms with Gasteiger partial charge < -0.3 is 36.2 Å². The zero-order chi connectivity index (χ0) is 32.2. The number of hydrogen-bond donors (Lipinski definition) is 4. The number of likely N-dealkylation sites (tertiary alicyclic amines) is 1. The summed E-state index contributed by atoms with van der Waals surface area (Å²) in [5.74, 6) is -2.69. The van der Waals surface area contributed by atoms with Crippen LogP contribution < -0.4 is 21.7 Å². The summed E-state index contributed by atoms with van der Waals surface area (Å²) in [6.45, 7) is 13.2. The summed E-state index contributed by atoms with van der Waals surface area (Å²) in [5.41, 5.74) is 4.02. The standard InChI is InChI=1S/C29H50N6O7/c1-16-12-19(24(38)31-18(13-17-10-11-17)21(36)23(30)37)35(14-16)25(39)22(29(5,6)7)33-26(40)32-20(28(2,3)4)15-42-27(41)34(8)9/h16-20,22H,10-15H2,1-9H3,(H2,30,37)(H,31,38)(H2,32,33,40)/t16-,18?,19?,20-,22-/m1/s1. The second kappa shape index (κ2) is 13.7. The lowest BCUT2D eigenvalue weighted by Crippen LogP contribution is -2.61. The van der Waals surface area contributed by atoms with Crippen LogP contribution >= 0.6 is 0 Å². The van der Waals surface area contributed by atoms with Crippen LogP contribution in [0.5, 0.6) is 0 Å². The van der Waals surface area contributed by atoms with Gasteiger partial charge in [-0.25, -0.2) is 9.59 Å². The van der Waals surface area contributed by atoms with Crippen molar-refractivity contribution < 1.29 is 33.5 Å². The summed E-state index contributed by atoms with van der Waals surface area (Å²) in [6.07, 6.45) is 1.98. The molecule has 6 amide bonds. The lowest BCUT2D eigenvalue weighted by Gasteiger charge is -2.37. The molecule has 2 rings (SSSR count). The Morgan fingerprint density at radius 2 is 1.55 bits per heavy atom. The zero-order valence-corrected chi connectivity index (χ0v) is 26.5. The van der Waals surface area contributed by atoms with Crippen molar-refractivity contribution in [3.63, 3.8) is 0 Å². The van der Waals surface area contributed by atoms with Gasteiger partial charge in [0.1, 0.15) is 18.7 Å². The monoisotopic (exact) mass is 594 g/mol. The highest BCUT2D eigenvalue weighted by Gasteiger charge is 2.45. The number of Topliss-reactive ketones (excluding diaryl/α,β-unsaturated/α-hetero) is 1. The van der Waals surface area contributed by atoms with Crippen molar-refractivity contribution >= 4 is 35.6 Å². The fraction of sp³-hybridized carbons (Fsp3) is 0.793. The number of ketones is 1. The second-order valence-electron chi connectivity index (χ2n) is 14.1. The number of carbonyl (C=O) groups is 6. The molecule has 13 heteroatoms. The summed E-state index contributed by atoms with van der Waals surface area (Å²) in [7, 11) is 3.12. The number of carbonyl (C=O) groups excluding carboxylic acids is 6. The minimum absolute atomic E-state index is 0.00970. The Morgan fingerprint density at radius 1 is 0.952 bits per heavy atom. The first-order chi connectivity index (χ1) is 19.2. The average Bonchev–Trinajstić information content (AvgIpc) is 3.59. The van der Waals surface area contributed by atoms with Gasteiger partial charge in [0.2, 0.25) is 17.6 Å². The molecule has 1 aliphatic carbocycles. The van der Waals surface area contributed by atoms with Crippen LogP contribution in [0.1, 0.15) is 74.1 Å². The van der Waals surface area contributed by atoms with E-state index < -0.39 is 70.6 Å². The van der Waals surface area contributed by atoms with Crippen molar-refractivity contribution in [3.8, 4) is 0 Å². The number of urea groups is 1. The predicted molar refractivity (Wildman–Crippen MR) is 156 cm³/mol. The fourth-order valence-electron chi connectivity index (χ4n) is 4.83. The van der Waals surface area contributed by atoms with Crippen molar-refractivity contribution in [2.75, 3.05) is 27.2 Å². The second-order valence-corrected chi connectivity index (χ2v) is 14.1. The molecule has 42 heavy (non-hydrogen) atoms. The van der Waals surface area contributed by atoms with E-state index >= 15 is 0 Å². The SMILES string of the molecule is C[C@@H]1CC(C(=O)NC(CC2CC2)C(=O)C(N)=O)N(C(=O)[C@@H](NC(=O)N[C@H](COC(=O)N(C)C)C(C)(C)C)C(C)(C)C)C1. The molecule has 1 saturated heterocycles. The van der Waals surface area contributed by atoms with Crippen LogP contribution in [0, 0.1) is 22.7 Å². The topological polar surface area (TPSA) is 180 Å². The van der Waals surface area contributed by atoms with Crippen molar-refractivity contribution in [2.24, 2.45) is 28.4 Å². The van der Waals surface area contributed by atoms with E-state index in [2.05, 4.69) is 16.0 Å². The number of nitrogens with two attached hydrogens (primary N) is 1. The van der Waals surface area contributed by atoms with Gasteiger partial charge >= 0.3 is 12.1 Å². The molecular formula is C29H50N6O7. The number of rotatable bonds is 11. The number of nitrogens with zero attached hydrogens (tertiary/aromatic N) is 2. The van der Waals surface area contributed by atoms with E-state index in [0.717, 1.165) is 12.8 Å². The molecule has 0 aromatic carbocycles. The van der Waals surface area contributed by atoms with Crippen molar-refractivity contribution in [1.82, 2.24) is 25.8 Å².